The first kappa shape index (κ1) is 13.9. The largest absolute Gasteiger partial charge is 0.493 e. The van der Waals surface area contributed by atoms with E-state index in [9.17, 15) is 0 Å². The van der Waals surface area contributed by atoms with Crippen LogP contribution < -0.4 is 10.5 Å². The third-order valence-corrected chi connectivity index (χ3v) is 3.79. The fourth-order valence-corrected chi connectivity index (χ4v) is 2.53. The number of aromatic nitrogens is 4. The van der Waals surface area contributed by atoms with Gasteiger partial charge in [0.15, 0.2) is 5.82 Å². The van der Waals surface area contributed by atoms with E-state index in [0.29, 0.717) is 18.1 Å². The van der Waals surface area contributed by atoms with E-state index in [2.05, 4.69) is 15.5 Å². The van der Waals surface area contributed by atoms with Crippen LogP contribution >= 0.6 is 0 Å². The molecule has 1 fully saturated rings. The van der Waals surface area contributed by atoms with Gasteiger partial charge in [-0.2, -0.15) is 0 Å². The molecule has 0 aliphatic heterocycles. The van der Waals surface area contributed by atoms with E-state index in [0.717, 1.165) is 30.2 Å². The van der Waals surface area contributed by atoms with Crippen LogP contribution in [0, 0.1) is 5.92 Å². The van der Waals surface area contributed by atoms with E-state index in [4.69, 9.17) is 10.5 Å². The molecule has 1 heterocycles. The Labute approximate surface area is 124 Å². The van der Waals surface area contributed by atoms with Crippen molar-refractivity contribution in [3.63, 3.8) is 0 Å². The standard InChI is InChI=1S/C15H21N5O/c1-2-21-13-7-3-6-12(16)14(13)15-17-18-19-20(15)10-4-5-11-8-9-11/h3,6-7,11H,2,4-5,8-10,16H2,1H3. The summed E-state index contributed by atoms with van der Waals surface area (Å²) in [5, 5.41) is 12.0. The average Bonchev–Trinajstić information content (AvgIpc) is 3.18. The maximum atomic E-state index is 6.11. The summed E-state index contributed by atoms with van der Waals surface area (Å²) in [5.74, 6) is 2.34. The van der Waals surface area contributed by atoms with Gasteiger partial charge in [0.05, 0.1) is 12.2 Å². The van der Waals surface area contributed by atoms with Gasteiger partial charge < -0.3 is 10.5 Å². The summed E-state index contributed by atoms with van der Waals surface area (Å²) in [6.45, 7) is 3.35. The van der Waals surface area contributed by atoms with Gasteiger partial charge in [0, 0.05) is 12.2 Å². The van der Waals surface area contributed by atoms with Crippen molar-refractivity contribution in [1.82, 2.24) is 20.2 Å². The second-order valence-corrected chi connectivity index (χ2v) is 5.46. The van der Waals surface area contributed by atoms with Gasteiger partial charge in [-0.3, -0.25) is 0 Å². The molecule has 0 radical (unpaired) electrons. The molecular weight excluding hydrogens is 266 g/mol. The van der Waals surface area contributed by atoms with Crippen LogP contribution in [-0.2, 0) is 6.54 Å². The number of nitrogen functional groups attached to an aromatic ring is 1. The van der Waals surface area contributed by atoms with E-state index in [1.165, 1.54) is 19.3 Å². The van der Waals surface area contributed by atoms with E-state index in [-0.39, 0.29) is 0 Å². The highest BCUT2D eigenvalue weighted by atomic mass is 16.5. The molecule has 1 aromatic carbocycles. The van der Waals surface area contributed by atoms with Gasteiger partial charge >= 0.3 is 0 Å². The van der Waals surface area contributed by atoms with Gasteiger partial charge in [0.25, 0.3) is 0 Å². The zero-order chi connectivity index (χ0) is 14.7. The van der Waals surface area contributed by atoms with Crippen LogP contribution in [0.4, 0.5) is 5.69 Å². The third-order valence-electron chi connectivity index (χ3n) is 3.79. The Bertz CT molecular complexity index is 606. The number of anilines is 1. The lowest BCUT2D eigenvalue weighted by Crippen LogP contribution is -2.06. The van der Waals surface area contributed by atoms with Crippen molar-refractivity contribution in [3.8, 4) is 17.1 Å². The van der Waals surface area contributed by atoms with Crippen LogP contribution in [0.5, 0.6) is 5.75 Å². The van der Waals surface area contributed by atoms with Crippen molar-refractivity contribution < 1.29 is 4.74 Å². The molecule has 21 heavy (non-hydrogen) atoms. The number of nitrogens with two attached hydrogens (primary N) is 1. The molecule has 0 unspecified atom stereocenters. The van der Waals surface area contributed by atoms with Crippen molar-refractivity contribution in [2.75, 3.05) is 12.3 Å². The number of aryl methyl sites for hydroxylation is 1. The third kappa shape index (κ3) is 3.15. The molecule has 0 atom stereocenters. The lowest BCUT2D eigenvalue weighted by atomic mass is 10.1. The highest BCUT2D eigenvalue weighted by Crippen LogP contribution is 2.35. The minimum absolute atomic E-state index is 0.583. The highest BCUT2D eigenvalue weighted by Gasteiger charge is 2.21. The molecule has 6 nitrogen and oxygen atoms in total. The van der Waals surface area contributed by atoms with Crippen LogP contribution in [0.25, 0.3) is 11.4 Å². The van der Waals surface area contributed by atoms with Crippen molar-refractivity contribution in [2.24, 2.45) is 5.92 Å². The minimum Gasteiger partial charge on any atom is -0.493 e. The summed E-state index contributed by atoms with van der Waals surface area (Å²) in [5.41, 5.74) is 7.54. The molecule has 0 amide bonds. The Balaban J connectivity index is 1.84. The number of hydrogen-bond acceptors (Lipinski definition) is 5. The molecule has 2 N–H and O–H groups in total. The smallest absolute Gasteiger partial charge is 0.187 e. The van der Waals surface area contributed by atoms with Crippen LogP contribution in [-0.4, -0.2) is 26.8 Å². The van der Waals surface area contributed by atoms with Gasteiger partial charge in [-0.1, -0.05) is 18.9 Å². The summed E-state index contributed by atoms with van der Waals surface area (Å²) in [6.07, 6.45) is 5.10. The Morgan fingerprint density at radius 1 is 1.38 bits per heavy atom. The lowest BCUT2D eigenvalue weighted by molar-refractivity contribution is 0.341. The summed E-state index contributed by atoms with van der Waals surface area (Å²) >= 11 is 0. The van der Waals surface area contributed by atoms with Crippen molar-refractivity contribution in [3.05, 3.63) is 18.2 Å². The average molecular weight is 287 g/mol. The van der Waals surface area contributed by atoms with Gasteiger partial charge in [-0.05, 0) is 48.2 Å². The molecule has 1 aliphatic rings. The molecule has 0 saturated heterocycles. The molecule has 2 aromatic rings. The zero-order valence-corrected chi connectivity index (χ0v) is 12.3. The monoisotopic (exact) mass is 287 g/mol. The predicted octanol–water partition coefficient (Wildman–Crippen LogP) is 2.51. The Kier molecular flexibility index (Phi) is 4.03. The molecule has 0 spiro atoms. The van der Waals surface area contributed by atoms with Crippen LogP contribution in [0.15, 0.2) is 18.2 Å². The minimum atomic E-state index is 0.583. The molecule has 1 saturated carbocycles. The Morgan fingerprint density at radius 3 is 3.00 bits per heavy atom. The zero-order valence-electron chi connectivity index (χ0n) is 12.3. The molecule has 1 aliphatic carbocycles. The van der Waals surface area contributed by atoms with Crippen LogP contribution in [0.1, 0.15) is 32.6 Å². The molecular formula is C15H21N5O. The van der Waals surface area contributed by atoms with E-state index in [1.807, 2.05) is 29.8 Å². The molecule has 0 bridgehead atoms. The van der Waals surface area contributed by atoms with Crippen LogP contribution in [0.2, 0.25) is 0 Å². The van der Waals surface area contributed by atoms with Gasteiger partial charge in [-0.15, -0.1) is 5.10 Å². The lowest BCUT2D eigenvalue weighted by Gasteiger charge is -2.12. The summed E-state index contributed by atoms with van der Waals surface area (Å²) in [7, 11) is 0. The first-order valence-electron chi connectivity index (χ1n) is 7.57. The highest BCUT2D eigenvalue weighted by molar-refractivity contribution is 5.77. The normalized spacial score (nSPS) is 14.3. The van der Waals surface area contributed by atoms with Crippen LogP contribution in [0.3, 0.4) is 0 Å². The fraction of sp³-hybridized carbons (Fsp3) is 0.533. The van der Waals surface area contributed by atoms with Crippen molar-refractivity contribution in [2.45, 2.75) is 39.2 Å². The summed E-state index contributed by atoms with van der Waals surface area (Å²) in [6, 6.07) is 5.63. The van der Waals surface area contributed by atoms with Gasteiger partial charge in [0.2, 0.25) is 0 Å². The predicted molar refractivity (Wildman–Crippen MR) is 80.8 cm³/mol. The van der Waals surface area contributed by atoms with E-state index >= 15 is 0 Å². The summed E-state index contributed by atoms with van der Waals surface area (Å²) in [4.78, 5) is 0. The molecule has 1 aromatic heterocycles. The second kappa shape index (κ2) is 6.11. The maximum absolute atomic E-state index is 6.11. The number of nitrogens with zero attached hydrogens (tertiary/aromatic N) is 4. The van der Waals surface area contributed by atoms with Gasteiger partial charge in [0.1, 0.15) is 5.75 Å². The first-order chi connectivity index (χ1) is 10.3. The van der Waals surface area contributed by atoms with Crippen molar-refractivity contribution >= 4 is 5.69 Å². The molecule has 112 valence electrons. The number of hydrogen-bond donors (Lipinski definition) is 1. The number of tetrazole rings is 1. The second-order valence-electron chi connectivity index (χ2n) is 5.46. The SMILES string of the molecule is CCOc1cccc(N)c1-c1nnnn1CCCC1CC1. The quantitative estimate of drug-likeness (QED) is 0.792. The topological polar surface area (TPSA) is 78.8 Å². The number of rotatable bonds is 7. The number of benzene rings is 1. The molecule has 3 rings (SSSR count). The number of ether oxygens (including phenoxy) is 1. The summed E-state index contributed by atoms with van der Waals surface area (Å²) < 4.78 is 7.49. The van der Waals surface area contributed by atoms with Crippen molar-refractivity contribution in [1.29, 1.82) is 0 Å². The van der Waals surface area contributed by atoms with E-state index in [1.54, 1.807) is 0 Å². The Hall–Kier alpha value is -2.11. The fourth-order valence-electron chi connectivity index (χ4n) is 2.53. The first-order valence-corrected chi connectivity index (χ1v) is 7.57. The Morgan fingerprint density at radius 2 is 2.24 bits per heavy atom. The van der Waals surface area contributed by atoms with Gasteiger partial charge in [-0.25, -0.2) is 4.68 Å². The van der Waals surface area contributed by atoms with E-state index < -0.39 is 0 Å². The molecule has 6 heteroatoms. The maximum Gasteiger partial charge on any atom is 0.187 e.